The molecule has 0 bridgehead atoms. The maximum atomic E-state index is 12.7. The minimum absolute atomic E-state index is 0.0836. The number of rotatable bonds is 9. The molecule has 2 atom stereocenters. The molecule has 0 fully saturated rings. The van der Waals surface area contributed by atoms with Crippen molar-refractivity contribution in [2.24, 2.45) is 0 Å². The largest absolute Gasteiger partial charge is 0.459 e. The molecule has 1 aromatic heterocycles. The highest BCUT2D eigenvalue weighted by atomic mass is 16.5. The summed E-state index contributed by atoms with van der Waals surface area (Å²) in [6.45, 7) is 1.40. The summed E-state index contributed by atoms with van der Waals surface area (Å²) in [4.78, 5) is 37.3. The summed E-state index contributed by atoms with van der Waals surface area (Å²) in [5, 5.41) is 5.40. The number of carbonyl (C=O) groups excluding carboxylic acids is 3. The van der Waals surface area contributed by atoms with E-state index in [1.807, 2.05) is 67.6 Å². The van der Waals surface area contributed by atoms with Crippen LogP contribution < -0.4 is 10.6 Å². The predicted molar refractivity (Wildman–Crippen MR) is 114 cm³/mol. The SMILES string of the molecule is C[C@@H](NC(=O)COC(=O)[C@H](Cc1ccccc1)NC(=O)c1ccco1)c1ccccc1. The van der Waals surface area contributed by atoms with E-state index in [0.717, 1.165) is 11.1 Å². The van der Waals surface area contributed by atoms with Crippen molar-refractivity contribution in [3.05, 3.63) is 95.9 Å². The normalized spacial score (nSPS) is 12.4. The third-order valence-electron chi connectivity index (χ3n) is 4.64. The summed E-state index contributed by atoms with van der Waals surface area (Å²) in [6, 6.07) is 20.5. The molecule has 3 aromatic rings. The van der Waals surface area contributed by atoms with Crippen LogP contribution in [0.5, 0.6) is 0 Å². The molecule has 0 radical (unpaired) electrons. The summed E-state index contributed by atoms with van der Waals surface area (Å²) in [5.41, 5.74) is 1.78. The van der Waals surface area contributed by atoms with Crippen molar-refractivity contribution in [3.63, 3.8) is 0 Å². The van der Waals surface area contributed by atoms with Crippen molar-refractivity contribution in [3.8, 4) is 0 Å². The van der Waals surface area contributed by atoms with Crippen LogP contribution in [-0.2, 0) is 20.7 Å². The van der Waals surface area contributed by atoms with Crippen molar-refractivity contribution in [2.75, 3.05) is 6.61 Å². The molecular weight excluding hydrogens is 396 g/mol. The number of ether oxygens (including phenoxy) is 1. The Bertz CT molecular complexity index is 987. The molecule has 0 aliphatic rings. The molecule has 0 spiro atoms. The Kier molecular flexibility index (Phi) is 7.59. The first-order chi connectivity index (χ1) is 15.0. The van der Waals surface area contributed by atoms with Gasteiger partial charge in [0.15, 0.2) is 12.4 Å². The first kappa shape index (κ1) is 21.8. The minimum Gasteiger partial charge on any atom is -0.459 e. The van der Waals surface area contributed by atoms with Crippen molar-refractivity contribution in [1.82, 2.24) is 10.6 Å². The van der Waals surface area contributed by atoms with Gasteiger partial charge < -0.3 is 19.8 Å². The Balaban J connectivity index is 1.59. The van der Waals surface area contributed by atoms with Gasteiger partial charge in [0, 0.05) is 6.42 Å². The Morgan fingerprint density at radius 3 is 2.23 bits per heavy atom. The zero-order chi connectivity index (χ0) is 22.1. The number of carbonyl (C=O) groups is 3. The molecule has 2 amide bonds. The number of esters is 1. The molecule has 0 unspecified atom stereocenters. The number of hydrogen-bond acceptors (Lipinski definition) is 5. The lowest BCUT2D eigenvalue weighted by molar-refractivity contribution is -0.150. The Hall–Kier alpha value is -3.87. The predicted octanol–water partition coefficient (Wildman–Crippen LogP) is 3.04. The van der Waals surface area contributed by atoms with Crippen LogP contribution in [0.1, 0.15) is 34.6 Å². The highest BCUT2D eigenvalue weighted by Gasteiger charge is 2.25. The highest BCUT2D eigenvalue weighted by Crippen LogP contribution is 2.11. The fourth-order valence-electron chi connectivity index (χ4n) is 3.03. The van der Waals surface area contributed by atoms with Gasteiger partial charge >= 0.3 is 5.97 Å². The van der Waals surface area contributed by atoms with E-state index in [1.54, 1.807) is 6.07 Å². The Morgan fingerprint density at radius 2 is 1.58 bits per heavy atom. The van der Waals surface area contributed by atoms with Crippen LogP contribution in [0.2, 0.25) is 0 Å². The van der Waals surface area contributed by atoms with Crippen LogP contribution in [0.15, 0.2) is 83.5 Å². The Labute approximate surface area is 180 Å². The van der Waals surface area contributed by atoms with Crippen LogP contribution >= 0.6 is 0 Å². The van der Waals surface area contributed by atoms with E-state index in [4.69, 9.17) is 9.15 Å². The van der Waals surface area contributed by atoms with Crippen molar-refractivity contribution < 1.29 is 23.5 Å². The van der Waals surface area contributed by atoms with Gasteiger partial charge in [0.1, 0.15) is 6.04 Å². The van der Waals surface area contributed by atoms with Crippen molar-refractivity contribution in [1.29, 1.82) is 0 Å². The molecule has 7 heteroatoms. The van der Waals surface area contributed by atoms with E-state index in [0.29, 0.717) is 0 Å². The van der Waals surface area contributed by atoms with Crippen LogP contribution in [0.3, 0.4) is 0 Å². The van der Waals surface area contributed by atoms with Crippen LogP contribution in [-0.4, -0.2) is 30.4 Å². The van der Waals surface area contributed by atoms with Gasteiger partial charge in [0.2, 0.25) is 0 Å². The molecule has 0 aliphatic heterocycles. The van der Waals surface area contributed by atoms with Gasteiger partial charge in [-0.2, -0.15) is 0 Å². The fraction of sp³-hybridized carbons (Fsp3) is 0.208. The molecule has 7 nitrogen and oxygen atoms in total. The third kappa shape index (κ3) is 6.57. The first-order valence-electron chi connectivity index (χ1n) is 9.92. The molecule has 160 valence electrons. The topological polar surface area (TPSA) is 97.6 Å². The second kappa shape index (κ2) is 10.8. The minimum atomic E-state index is -0.973. The monoisotopic (exact) mass is 420 g/mol. The van der Waals surface area contributed by atoms with Gasteiger partial charge in [0.05, 0.1) is 12.3 Å². The fourth-order valence-corrected chi connectivity index (χ4v) is 3.03. The van der Waals surface area contributed by atoms with E-state index in [2.05, 4.69) is 10.6 Å². The van der Waals surface area contributed by atoms with Gasteiger partial charge in [-0.3, -0.25) is 9.59 Å². The zero-order valence-corrected chi connectivity index (χ0v) is 17.1. The first-order valence-corrected chi connectivity index (χ1v) is 9.92. The van der Waals surface area contributed by atoms with Gasteiger partial charge in [-0.25, -0.2) is 4.79 Å². The number of benzene rings is 2. The smallest absolute Gasteiger partial charge is 0.329 e. The summed E-state index contributed by atoms with van der Waals surface area (Å²) >= 11 is 0. The summed E-state index contributed by atoms with van der Waals surface area (Å²) in [5.74, 6) is -1.59. The zero-order valence-electron chi connectivity index (χ0n) is 17.1. The highest BCUT2D eigenvalue weighted by molar-refractivity contribution is 5.94. The second-order valence-corrected chi connectivity index (χ2v) is 7.00. The summed E-state index contributed by atoms with van der Waals surface area (Å²) in [6.07, 6.45) is 1.59. The molecule has 31 heavy (non-hydrogen) atoms. The van der Waals surface area contributed by atoms with E-state index in [1.165, 1.54) is 12.3 Å². The van der Waals surface area contributed by atoms with Gasteiger partial charge in [0.25, 0.3) is 11.8 Å². The molecule has 2 aromatic carbocycles. The van der Waals surface area contributed by atoms with E-state index in [9.17, 15) is 14.4 Å². The molecule has 3 rings (SSSR count). The van der Waals surface area contributed by atoms with Crippen molar-refractivity contribution in [2.45, 2.75) is 25.4 Å². The lowest BCUT2D eigenvalue weighted by Crippen LogP contribution is -2.44. The lowest BCUT2D eigenvalue weighted by Gasteiger charge is -2.18. The van der Waals surface area contributed by atoms with Gasteiger partial charge in [-0.15, -0.1) is 0 Å². The van der Waals surface area contributed by atoms with Crippen LogP contribution in [0.4, 0.5) is 0 Å². The average Bonchev–Trinajstić information content (AvgIpc) is 3.33. The maximum Gasteiger partial charge on any atom is 0.329 e. The van der Waals surface area contributed by atoms with E-state index >= 15 is 0 Å². The number of nitrogens with one attached hydrogen (secondary N) is 2. The summed E-state index contributed by atoms with van der Waals surface area (Å²) in [7, 11) is 0. The lowest BCUT2D eigenvalue weighted by atomic mass is 10.1. The second-order valence-electron chi connectivity index (χ2n) is 7.00. The number of hydrogen-bond donors (Lipinski definition) is 2. The molecule has 0 saturated carbocycles. The molecule has 1 heterocycles. The molecule has 0 aliphatic carbocycles. The van der Waals surface area contributed by atoms with Crippen LogP contribution in [0, 0.1) is 0 Å². The standard InChI is InChI=1S/C24H24N2O5/c1-17(19-11-6-3-7-12-19)25-22(27)16-31-24(29)20(15-18-9-4-2-5-10-18)26-23(28)21-13-8-14-30-21/h2-14,17,20H,15-16H2,1H3,(H,25,27)(H,26,28)/t17-,20+/m1/s1. The molecular formula is C24H24N2O5. The van der Waals surface area contributed by atoms with Gasteiger partial charge in [-0.05, 0) is 30.2 Å². The summed E-state index contributed by atoms with van der Waals surface area (Å²) < 4.78 is 10.3. The molecule has 0 saturated heterocycles. The third-order valence-corrected chi connectivity index (χ3v) is 4.64. The van der Waals surface area contributed by atoms with Crippen molar-refractivity contribution >= 4 is 17.8 Å². The maximum absolute atomic E-state index is 12.7. The van der Waals surface area contributed by atoms with E-state index < -0.39 is 30.4 Å². The Morgan fingerprint density at radius 1 is 0.903 bits per heavy atom. The number of amides is 2. The van der Waals surface area contributed by atoms with Gasteiger partial charge in [-0.1, -0.05) is 60.7 Å². The molecule has 2 N–H and O–H groups in total. The number of furan rings is 1. The van der Waals surface area contributed by atoms with Crippen LogP contribution in [0.25, 0.3) is 0 Å². The quantitative estimate of drug-likeness (QED) is 0.519. The van der Waals surface area contributed by atoms with E-state index in [-0.39, 0.29) is 18.2 Å². The average molecular weight is 420 g/mol.